The van der Waals surface area contributed by atoms with Gasteiger partial charge in [0, 0.05) is 13.1 Å². The van der Waals surface area contributed by atoms with Crippen LogP contribution in [0.15, 0.2) is 0 Å². The average Bonchev–Trinajstić information content (AvgIpc) is 2.26. The lowest BCUT2D eigenvalue weighted by atomic mass is 10.2. The smallest absolute Gasteiger partial charge is 0.302 e. The fourth-order valence-electron chi connectivity index (χ4n) is 1.42. The SMILES string of the molecule is O=P(O)(O)OP(=O)(O)ON1CCCCCC1. The van der Waals surface area contributed by atoms with Crippen LogP contribution in [0.5, 0.6) is 0 Å². The van der Waals surface area contributed by atoms with Crippen LogP contribution in [0.2, 0.25) is 0 Å². The van der Waals surface area contributed by atoms with Crippen LogP contribution in [0.3, 0.4) is 0 Å². The highest BCUT2D eigenvalue weighted by Gasteiger charge is 2.34. The van der Waals surface area contributed by atoms with Gasteiger partial charge in [-0.1, -0.05) is 12.8 Å². The van der Waals surface area contributed by atoms with Crippen LogP contribution < -0.4 is 0 Å². The molecule has 8 nitrogen and oxygen atoms in total. The maximum absolute atomic E-state index is 11.2. The van der Waals surface area contributed by atoms with E-state index >= 15 is 0 Å². The lowest BCUT2D eigenvalue weighted by Crippen LogP contribution is -2.23. The largest absolute Gasteiger partial charge is 0.497 e. The van der Waals surface area contributed by atoms with Crippen LogP contribution >= 0.6 is 15.6 Å². The molecule has 1 fully saturated rings. The van der Waals surface area contributed by atoms with E-state index in [0.29, 0.717) is 13.1 Å². The highest BCUT2D eigenvalue weighted by molar-refractivity contribution is 7.60. The quantitative estimate of drug-likeness (QED) is 0.650. The highest BCUT2D eigenvalue weighted by atomic mass is 31.3. The second-order valence-electron chi connectivity index (χ2n) is 3.47. The third-order valence-corrected chi connectivity index (χ3v) is 4.11. The highest BCUT2D eigenvalue weighted by Crippen LogP contribution is 2.58. The Morgan fingerprint density at radius 1 is 0.938 bits per heavy atom. The topological polar surface area (TPSA) is 117 Å². The van der Waals surface area contributed by atoms with E-state index in [9.17, 15) is 9.13 Å². The van der Waals surface area contributed by atoms with Gasteiger partial charge in [-0.3, -0.25) is 0 Å². The Labute approximate surface area is 93.0 Å². The Kier molecular flexibility index (Phi) is 5.10. The fraction of sp³-hybridized carbons (Fsp3) is 1.00. The Bertz CT molecular complexity index is 308. The van der Waals surface area contributed by atoms with E-state index in [-0.39, 0.29) is 0 Å². The van der Waals surface area contributed by atoms with E-state index in [2.05, 4.69) is 8.94 Å². The van der Waals surface area contributed by atoms with Crippen molar-refractivity contribution in [3.63, 3.8) is 0 Å². The van der Waals surface area contributed by atoms with Crippen molar-refractivity contribution in [1.82, 2.24) is 5.06 Å². The molecule has 0 saturated carbocycles. The molecule has 0 radical (unpaired) electrons. The van der Waals surface area contributed by atoms with Gasteiger partial charge < -0.3 is 14.7 Å². The summed E-state index contributed by atoms with van der Waals surface area (Å²) in [6.45, 7) is 0.879. The van der Waals surface area contributed by atoms with Crippen molar-refractivity contribution in [3.8, 4) is 0 Å². The van der Waals surface area contributed by atoms with Crippen molar-refractivity contribution in [3.05, 3.63) is 0 Å². The molecule has 0 aromatic heterocycles. The third-order valence-electron chi connectivity index (χ3n) is 1.99. The second kappa shape index (κ2) is 5.71. The summed E-state index contributed by atoms with van der Waals surface area (Å²) in [6, 6.07) is 0. The first-order chi connectivity index (χ1) is 7.29. The maximum Gasteiger partial charge on any atom is 0.497 e. The summed E-state index contributed by atoms with van der Waals surface area (Å²) in [5.74, 6) is 0. The number of phosphoric acid groups is 2. The van der Waals surface area contributed by atoms with E-state index in [1.807, 2.05) is 0 Å². The summed E-state index contributed by atoms with van der Waals surface area (Å²) >= 11 is 0. The van der Waals surface area contributed by atoms with Crippen LogP contribution in [0, 0.1) is 0 Å². The zero-order valence-electron chi connectivity index (χ0n) is 8.56. The first-order valence-corrected chi connectivity index (χ1v) is 7.85. The first-order valence-electron chi connectivity index (χ1n) is 4.83. The predicted octanol–water partition coefficient (Wildman–Crippen LogP) is 1.00. The Hall–Kier alpha value is 0.220. The first kappa shape index (κ1) is 14.3. The van der Waals surface area contributed by atoms with E-state index in [4.69, 9.17) is 14.7 Å². The number of hydrogen-bond acceptors (Lipinski definition) is 5. The number of nitrogens with zero attached hydrogens (tertiary/aromatic N) is 1. The number of hydrogen-bond donors (Lipinski definition) is 3. The molecule has 1 atom stereocenters. The number of hydroxylamine groups is 2. The number of rotatable bonds is 4. The summed E-state index contributed by atoms with van der Waals surface area (Å²) in [5.41, 5.74) is 0. The van der Waals surface area contributed by atoms with Gasteiger partial charge in [0.05, 0.1) is 0 Å². The summed E-state index contributed by atoms with van der Waals surface area (Å²) < 4.78 is 29.8. The average molecular weight is 275 g/mol. The molecule has 0 aliphatic carbocycles. The van der Waals surface area contributed by atoms with Crippen LogP contribution in [0.4, 0.5) is 0 Å². The molecule has 1 saturated heterocycles. The zero-order chi connectivity index (χ0) is 12.2. The van der Waals surface area contributed by atoms with Crippen molar-refractivity contribution in [2.24, 2.45) is 0 Å². The van der Waals surface area contributed by atoms with Gasteiger partial charge in [-0.25, -0.2) is 9.13 Å². The molecule has 96 valence electrons. The van der Waals surface area contributed by atoms with Crippen molar-refractivity contribution < 1.29 is 32.7 Å². The van der Waals surface area contributed by atoms with Crippen molar-refractivity contribution in [2.75, 3.05) is 13.1 Å². The summed E-state index contributed by atoms with van der Waals surface area (Å²) in [4.78, 5) is 25.9. The summed E-state index contributed by atoms with van der Waals surface area (Å²) in [7, 11) is -9.77. The second-order valence-corrected chi connectivity index (χ2v) is 6.20. The van der Waals surface area contributed by atoms with Crippen LogP contribution in [-0.4, -0.2) is 32.8 Å². The van der Waals surface area contributed by atoms with Crippen LogP contribution in [0.25, 0.3) is 0 Å². The van der Waals surface area contributed by atoms with Crippen molar-refractivity contribution in [1.29, 1.82) is 0 Å². The summed E-state index contributed by atoms with van der Waals surface area (Å²) in [5, 5.41) is 1.21. The lowest BCUT2D eigenvalue weighted by Gasteiger charge is -2.21. The van der Waals surface area contributed by atoms with Crippen molar-refractivity contribution >= 4 is 15.6 Å². The molecule has 16 heavy (non-hydrogen) atoms. The molecule has 0 aromatic rings. The zero-order valence-corrected chi connectivity index (χ0v) is 10.3. The monoisotopic (exact) mass is 275 g/mol. The lowest BCUT2D eigenvalue weighted by molar-refractivity contribution is -0.0773. The normalized spacial score (nSPS) is 23.7. The van der Waals surface area contributed by atoms with Gasteiger partial charge in [0.2, 0.25) is 0 Å². The molecule has 0 bridgehead atoms. The maximum atomic E-state index is 11.2. The molecule has 1 rings (SSSR count). The van der Waals surface area contributed by atoms with Gasteiger partial charge in [0.1, 0.15) is 0 Å². The molecule has 10 heteroatoms. The standard InChI is InChI=1S/C6H15NO7P2/c8-15(9,10)14-16(11,12)13-7-5-3-1-2-4-6-7/h1-6H2,(H,11,12)(H2,8,9,10). The van der Waals surface area contributed by atoms with E-state index in [0.717, 1.165) is 25.7 Å². The molecule has 0 spiro atoms. The Balaban J connectivity index is 2.50. The fourth-order valence-corrected chi connectivity index (χ4v) is 3.07. The molecule has 0 aromatic carbocycles. The van der Waals surface area contributed by atoms with Gasteiger partial charge in [0.15, 0.2) is 0 Å². The van der Waals surface area contributed by atoms with E-state index in [1.165, 1.54) is 5.06 Å². The molecule has 1 aliphatic heterocycles. The predicted molar refractivity (Wildman–Crippen MR) is 54.1 cm³/mol. The molecule has 1 heterocycles. The minimum absolute atomic E-state index is 0.440. The van der Waals surface area contributed by atoms with Crippen LogP contribution in [-0.2, 0) is 18.1 Å². The van der Waals surface area contributed by atoms with Gasteiger partial charge in [0.25, 0.3) is 0 Å². The van der Waals surface area contributed by atoms with Gasteiger partial charge in [-0.15, -0.1) is 0 Å². The van der Waals surface area contributed by atoms with Crippen LogP contribution in [0.1, 0.15) is 25.7 Å². The Morgan fingerprint density at radius 3 is 1.88 bits per heavy atom. The van der Waals surface area contributed by atoms with E-state index < -0.39 is 15.6 Å². The molecule has 1 aliphatic rings. The van der Waals surface area contributed by atoms with Gasteiger partial charge in [-0.05, 0) is 12.8 Å². The van der Waals surface area contributed by atoms with Crippen molar-refractivity contribution in [2.45, 2.75) is 25.7 Å². The Morgan fingerprint density at radius 2 is 1.44 bits per heavy atom. The molecular formula is C6H15NO7P2. The summed E-state index contributed by atoms with van der Waals surface area (Å²) in [6.07, 6.45) is 3.59. The third kappa shape index (κ3) is 6.08. The minimum Gasteiger partial charge on any atom is -0.302 e. The molecule has 1 unspecified atom stereocenters. The van der Waals surface area contributed by atoms with Gasteiger partial charge in [-0.2, -0.15) is 14.0 Å². The molecule has 0 amide bonds. The molecule has 3 N–H and O–H groups in total. The van der Waals surface area contributed by atoms with Gasteiger partial charge >= 0.3 is 15.6 Å². The van der Waals surface area contributed by atoms with E-state index in [1.54, 1.807) is 0 Å². The minimum atomic E-state index is -5.03. The molecular weight excluding hydrogens is 260 g/mol.